The molecule has 188 valence electrons. The standard InChI is InChI=1S/C24H43N5O4/c1-7-28(8-2)13-10-12-26-23(32)20-11-9-14-29(20)24(33)19(5)15-21(18(3)4)27(6)22(31)16-25-17-30/h15,17-18,20-21H,7-14,16H2,1-6H3,(H,25,30)(H,26,32)/t20-,21+/m0/s1. The second kappa shape index (κ2) is 14.7. The number of likely N-dealkylation sites (N-methyl/N-ethyl adjacent to an activating group) is 1. The van der Waals surface area contributed by atoms with Crippen LogP contribution in [-0.2, 0) is 19.2 Å². The molecule has 9 nitrogen and oxygen atoms in total. The molecule has 0 radical (unpaired) electrons. The molecule has 0 aromatic heterocycles. The Labute approximate surface area is 198 Å². The molecule has 9 heteroatoms. The number of likely N-dealkylation sites (tertiary alicyclic amines) is 1. The maximum Gasteiger partial charge on any atom is 0.249 e. The van der Waals surface area contributed by atoms with Gasteiger partial charge in [0.2, 0.25) is 24.1 Å². The van der Waals surface area contributed by atoms with Crippen LogP contribution in [-0.4, -0.2) is 97.2 Å². The Kier molecular flexibility index (Phi) is 12.7. The highest BCUT2D eigenvalue weighted by Gasteiger charge is 2.34. The van der Waals surface area contributed by atoms with Crippen LogP contribution in [0, 0.1) is 5.92 Å². The summed E-state index contributed by atoms with van der Waals surface area (Å²) in [5.74, 6) is -0.434. The minimum atomic E-state index is -0.456. The molecule has 1 fully saturated rings. The van der Waals surface area contributed by atoms with Crippen molar-refractivity contribution in [3.8, 4) is 0 Å². The first-order valence-electron chi connectivity index (χ1n) is 12.1. The molecular formula is C24H43N5O4. The van der Waals surface area contributed by atoms with E-state index in [1.807, 2.05) is 13.8 Å². The van der Waals surface area contributed by atoms with Gasteiger partial charge in [0, 0.05) is 25.7 Å². The molecule has 33 heavy (non-hydrogen) atoms. The molecule has 1 aliphatic rings. The van der Waals surface area contributed by atoms with Crippen molar-refractivity contribution in [3.63, 3.8) is 0 Å². The molecule has 4 amide bonds. The van der Waals surface area contributed by atoms with E-state index < -0.39 is 6.04 Å². The predicted octanol–water partition coefficient (Wildman–Crippen LogP) is 1.00. The highest BCUT2D eigenvalue weighted by molar-refractivity contribution is 5.97. The zero-order valence-corrected chi connectivity index (χ0v) is 21.2. The summed E-state index contributed by atoms with van der Waals surface area (Å²) in [6, 6.07) is -0.757. The second-order valence-electron chi connectivity index (χ2n) is 8.92. The molecule has 0 saturated carbocycles. The average Bonchev–Trinajstić information content (AvgIpc) is 3.29. The van der Waals surface area contributed by atoms with Crippen LogP contribution in [0.4, 0.5) is 0 Å². The lowest BCUT2D eigenvalue weighted by Gasteiger charge is -2.30. The zero-order chi connectivity index (χ0) is 25.0. The third kappa shape index (κ3) is 8.79. The van der Waals surface area contributed by atoms with Crippen LogP contribution in [0.15, 0.2) is 11.6 Å². The lowest BCUT2D eigenvalue weighted by atomic mass is 9.99. The van der Waals surface area contributed by atoms with Crippen LogP contribution < -0.4 is 10.6 Å². The van der Waals surface area contributed by atoms with Crippen LogP contribution in [0.25, 0.3) is 0 Å². The number of nitrogens with zero attached hydrogens (tertiary/aromatic N) is 3. The van der Waals surface area contributed by atoms with Gasteiger partial charge in [0.25, 0.3) is 0 Å². The van der Waals surface area contributed by atoms with Gasteiger partial charge in [-0.05, 0) is 51.7 Å². The molecule has 2 N–H and O–H groups in total. The van der Waals surface area contributed by atoms with Gasteiger partial charge in [0.15, 0.2) is 0 Å². The van der Waals surface area contributed by atoms with E-state index in [0.717, 1.165) is 32.5 Å². The van der Waals surface area contributed by atoms with Crippen molar-refractivity contribution in [3.05, 3.63) is 11.6 Å². The minimum absolute atomic E-state index is 0.0708. The Hall–Kier alpha value is -2.42. The fraction of sp³-hybridized carbons (Fsp3) is 0.750. The quantitative estimate of drug-likeness (QED) is 0.226. The van der Waals surface area contributed by atoms with Crippen molar-refractivity contribution in [2.24, 2.45) is 5.92 Å². The van der Waals surface area contributed by atoms with Crippen LogP contribution in [0.1, 0.15) is 53.9 Å². The Morgan fingerprint density at radius 2 is 1.85 bits per heavy atom. The molecule has 0 aliphatic carbocycles. The number of hydrogen-bond acceptors (Lipinski definition) is 5. The van der Waals surface area contributed by atoms with Crippen molar-refractivity contribution in [1.29, 1.82) is 0 Å². The Balaban J connectivity index is 2.78. The van der Waals surface area contributed by atoms with Gasteiger partial charge >= 0.3 is 0 Å². The van der Waals surface area contributed by atoms with Gasteiger partial charge in [-0.2, -0.15) is 0 Å². The largest absolute Gasteiger partial charge is 0.354 e. The normalized spacial score (nSPS) is 17.3. The lowest BCUT2D eigenvalue weighted by Crippen LogP contribution is -2.47. The number of nitrogens with one attached hydrogen (secondary N) is 2. The average molecular weight is 466 g/mol. The molecular weight excluding hydrogens is 422 g/mol. The predicted molar refractivity (Wildman–Crippen MR) is 129 cm³/mol. The summed E-state index contributed by atoms with van der Waals surface area (Å²) in [7, 11) is 1.66. The van der Waals surface area contributed by atoms with Crippen molar-refractivity contribution < 1.29 is 19.2 Å². The molecule has 1 heterocycles. The fourth-order valence-electron chi connectivity index (χ4n) is 4.18. The van der Waals surface area contributed by atoms with E-state index in [1.165, 1.54) is 0 Å². The van der Waals surface area contributed by atoms with Crippen LogP contribution in [0.2, 0.25) is 0 Å². The van der Waals surface area contributed by atoms with Crippen LogP contribution in [0.5, 0.6) is 0 Å². The van der Waals surface area contributed by atoms with Crippen molar-refractivity contribution in [2.75, 3.05) is 46.3 Å². The van der Waals surface area contributed by atoms with E-state index in [4.69, 9.17) is 0 Å². The van der Waals surface area contributed by atoms with E-state index in [1.54, 1.807) is 29.8 Å². The van der Waals surface area contributed by atoms with E-state index in [-0.39, 0.29) is 36.2 Å². The number of hydrogen-bond donors (Lipinski definition) is 2. The van der Waals surface area contributed by atoms with E-state index in [9.17, 15) is 19.2 Å². The minimum Gasteiger partial charge on any atom is -0.354 e. The number of amides is 4. The van der Waals surface area contributed by atoms with Gasteiger partial charge in [-0.25, -0.2) is 0 Å². The Morgan fingerprint density at radius 1 is 1.18 bits per heavy atom. The summed E-state index contributed by atoms with van der Waals surface area (Å²) < 4.78 is 0. The molecule has 2 atom stereocenters. The number of rotatable bonds is 14. The van der Waals surface area contributed by atoms with Crippen molar-refractivity contribution >= 4 is 24.1 Å². The number of carbonyl (C=O) groups excluding carboxylic acids is 4. The molecule has 0 unspecified atom stereocenters. The maximum absolute atomic E-state index is 13.2. The summed E-state index contributed by atoms with van der Waals surface area (Å²) in [4.78, 5) is 54.3. The fourth-order valence-corrected chi connectivity index (χ4v) is 4.18. The van der Waals surface area contributed by atoms with Gasteiger partial charge in [-0.3, -0.25) is 19.2 Å². The van der Waals surface area contributed by atoms with Crippen molar-refractivity contribution in [1.82, 2.24) is 25.3 Å². The first-order valence-corrected chi connectivity index (χ1v) is 12.1. The highest BCUT2D eigenvalue weighted by atomic mass is 16.2. The summed E-state index contributed by atoms with van der Waals surface area (Å²) in [6.45, 7) is 13.9. The smallest absolute Gasteiger partial charge is 0.249 e. The Bertz CT molecular complexity index is 690. The van der Waals surface area contributed by atoms with E-state index >= 15 is 0 Å². The summed E-state index contributed by atoms with van der Waals surface area (Å²) in [5, 5.41) is 5.38. The molecule has 0 bridgehead atoms. The summed E-state index contributed by atoms with van der Waals surface area (Å²) in [5.41, 5.74) is 0.512. The molecule has 1 saturated heterocycles. The van der Waals surface area contributed by atoms with Gasteiger partial charge in [0.1, 0.15) is 6.04 Å². The number of carbonyl (C=O) groups is 4. The summed E-state index contributed by atoms with van der Waals surface area (Å²) in [6.07, 6.45) is 4.61. The Morgan fingerprint density at radius 3 is 2.42 bits per heavy atom. The van der Waals surface area contributed by atoms with Gasteiger partial charge in [0.05, 0.1) is 12.6 Å². The molecule has 0 spiro atoms. The topological polar surface area (TPSA) is 102 Å². The molecule has 1 rings (SSSR count). The molecule has 0 aromatic rings. The van der Waals surface area contributed by atoms with Crippen LogP contribution >= 0.6 is 0 Å². The highest BCUT2D eigenvalue weighted by Crippen LogP contribution is 2.21. The summed E-state index contributed by atoms with van der Waals surface area (Å²) >= 11 is 0. The molecule has 0 aromatic carbocycles. The van der Waals surface area contributed by atoms with Crippen LogP contribution in [0.3, 0.4) is 0 Å². The third-order valence-electron chi connectivity index (χ3n) is 6.28. The van der Waals surface area contributed by atoms with Gasteiger partial charge in [-0.1, -0.05) is 33.8 Å². The maximum atomic E-state index is 13.2. The SMILES string of the molecule is CCN(CC)CCCNC(=O)[C@@H]1CCCN1C(=O)C(C)=C[C@H](C(C)C)N(C)C(=O)CNC=O. The van der Waals surface area contributed by atoms with E-state index in [2.05, 4.69) is 29.4 Å². The third-order valence-corrected chi connectivity index (χ3v) is 6.28. The van der Waals surface area contributed by atoms with Crippen molar-refractivity contribution in [2.45, 2.75) is 66.0 Å². The lowest BCUT2D eigenvalue weighted by molar-refractivity contribution is -0.135. The first kappa shape index (κ1) is 28.6. The molecule has 1 aliphatic heterocycles. The van der Waals surface area contributed by atoms with E-state index in [0.29, 0.717) is 31.5 Å². The van der Waals surface area contributed by atoms with Gasteiger partial charge in [-0.15, -0.1) is 0 Å². The monoisotopic (exact) mass is 465 g/mol. The van der Waals surface area contributed by atoms with Gasteiger partial charge < -0.3 is 25.3 Å². The first-order chi connectivity index (χ1) is 15.7. The second-order valence-corrected chi connectivity index (χ2v) is 8.92. The zero-order valence-electron chi connectivity index (χ0n) is 21.2.